The maximum atomic E-state index is 6.04. The molecule has 2 atom stereocenters. The zero-order chi connectivity index (χ0) is 10.6. The first kappa shape index (κ1) is 11.9. The zero-order valence-corrected chi connectivity index (χ0v) is 10.1. The number of thioether (sulfide) groups is 1. The highest BCUT2D eigenvalue weighted by Crippen LogP contribution is 2.24. The van der Waals surface area contributed by atoms with Crippen LogP contribution in [0.2, 0.25) is 5.02 Å². The Labute approximate surface area is 95.0 Å². The van der Waals surface area contributed by atoms with Gasteiger partial charge in [0, 0.05) is 22.1 Å². The summed E-state index contributed by atoms with van der Waals surface area (Å²) in [6.45, 7) is 4.18. The fraction of sp³-hybridized carbons (Fsp3) is 0.455. The van der Waals surface area contributed by atoms with Gasteiger partial charge in [-0.2, -0.15) is 11.8 Å². The first-order chi connectivity index (χ1) is 6.61. The van der Waals surface area contributed by atoms with Crippen LogP contribution in [-0.4, -0.2) is 11.3 Å². The standard InChI is InChI=1S/C11H16ClNS/c1-8(13)9(2)14-7-10-5-3-4-6-11(10)12/h3-6,8-9H,7,13H2,1-2H3. The van der Waals surface area contributed by atoms with Crippen molar-refractivity contribution in [2.24, 2.45) is 5.73 Å². The van der Waals surface area contributed by atoms with E-state index in [1.807, 2.05) is 36.9 Å². The van der Waals surface area contributed by atoms with Gasteiger partial charge in [-0.15, -0.1) is 0 Å². The van der Waals surface area contributed by atoms with Crippen LogP contribution in [0.3, 0.4) is 0 Å². The van der Waals surface area contributed by atoms with Crippen LogP contribution in [0.25, 0.3) is 0 Å². The highest BCUT2D eigenvalue weighted by Gasteiger charge is 2.08. The number of nitrogens with two attached hydrogens (primary N) is 1. The molecule has 0 amide bonds. The van der Waals surface area contributed by atoms with E-state index in [9.17, 15) is 0 Å². The summed E-state index contributed by atoms with van der Waals surface area (Å²) in [6, 6.07) is 8.17. The summed E-state index contributed by atoms with van der Waals surface area (Å²) >= 11 is 7.89. The molecule has 0 aliphatic heterocycles. The Balaban J connectivity index is 2.50. The van der Waals surface area contributed by atoms with Crippen molar-refractivity contribution in [2.45, 2.75) is 30.9 Å². The van der Waals surface area contributed by atoms with E-state index in [1.165, 1.54) is 5.56 Å². The lowest BCUT2D eigenvalue weighted by Crippen LogP contribution is -2.26. The average molecular weight is 230 g/mol. The van der Waals surface area contributed by atoms with Crippen LogP contribution in [0.15, 0.2) is 24.3 Å². The molecule has 0 saturated carbocycles. The van der Waals surface area contributed by atoms with Gasteiger partial charge in [0.05, 0.1) is 0 Å². The van der Waals surface area contributed by atoms with Crippen LogP contribution in [0.4, 0.5) is 0 Å². The van der Waals surface area contributed by atoms with E-state index in [2.05, 4.69) is 13.0 Å². The fourth-order valence-electron chi connectivity index (χ4n) is 0.988. The van der Waals surface area contributed by atoms with E-state index >= 15 is 0 Å². The van der Waals surface area contributed by atoms with Gasteiger partial charge in [0.2, 0.25) is 0 Å². The molecule has 1 rings (SSSR count). The van der Waals surface area contributed by atoms with E-state index in [-0.39, 0.29) is 6.04 Å². The Morgan fingerprint density at radius 3 is 2.57 bits per heavy atom. The van der Waals surface area contributed by atoms with Gasteiger partial charge in [0.15, 0.2) is 0 Å². The molecule has 1 nitrogen and oxygen atoms in total. The number of rotatable bonds is 4. The van der Waals surface area contributed by atoms with Crippen LogP contribution in [0.1, 0.15) is 19.4 Å². The molecular weight excluding hydrogens is 214 g/mol. The minimum absolute atomic E-state index is 0.225. The number of halogens is 1. The molecule has 2 N–H and O–H groups in total. The molecule has 3 heteroatoms. The second kappa shape index (κ2) is 5.64. The number of hydrogen-bond acceptors (Lipinski definition) is 2. The predicted molar refractivity (Wildman–Crippen MR) is 65.9 cm³/mol. The van der Waals surface area contributed by atoms with Gasteiger partial charge in [-0.1, -0.05) is 36.7 Å². The monoisotopic (exact) mass is 229 g/mol. The molecule has 0 bridgehead atoms. The van der Waals surface area contributed by atoms with Crippen LogP contribution < -0.4 is 5.73 Å². The molecule has 2 unspecified atom stereocenters. The van der Waals surface area contributed by atoms with Gasteiger partial charge >= 0.3 is 0 Å². The van der Waals surface area contributed by atoms with Crippen molar-refractivity contribution >= 4 is 23.4 Å². The Morgan fingerprint density at radius 1 is 1.36 bits per heavy atom. The van der Waals surface area contributed by atoms with Crippen molar-refractivity contribution in [2.75, 3.05) is 0 Å². The smallest absolute Gasteiger partial charge is 0.0446 e. The molecule has 0 aliphatic carbocycles. The third-order valence-corrected chi connectivity index (χ3v) is 4.00. The Hall–Kier alpha value is -0.180. The summed E-state index contributed by atoms with van der Waals surface area (Å²) in [5.74, 6) is 0.933. The van der Waals surface area contributed by atoms with E-state index in [1.54, 1.807) is 0 Å². The third kappa shape index (κ3) is 3.52. The fourth-order valence-corrected chi connectivity index (χ4v) is 2.27. The van der Waals surface area contributed by atoms with Crippen molar-refractivity contribution in [3.63, 3.8) is 0 Å². The van der Waals surface area contributed by atoms with Crippen LogP contribution in [0, 0.1) is 0 Å². The number of benzene rings is 1. The van der Waals surface area contributed by atoms with Gasteiger partial charge in [-0.05, 0) is 18.6 Å². The van der Waals surface area contributed by atoms with Gasteiger partial charge in [-0.3, -0.25) is 0 Å². The normalized spacial score (nSPS) is 15.1. The Morgan fingerprint density at radius 2 is 2.00 bits per heavy atom. The van der Waals surface area contributed by atoms with Crippen molar-refractivity contribution in [1.29, 1.82) is 0 Å². The lowest BCUT2D eigenvalue weighted by atomic mass is 10.2. The van der Waals surface area contributed by atoms with Crippen molar-refractivity contribution < 1.29 is 0 Å². The van der Waals surface area contributed by atoms with Gasteiger partial charge in [0.25, 0.3) is 0 Å². The second-order valence-corrected chi connectivity index (χ2v) is 5.24. The molecule has 14 heavy (non-hydrogen) atoms. The molecule has 0 aliphatic rings. The summed E-state index contributed by atoms with van der Waals surface area (Å²) < 4.78 is 0. The zero-order valence-electron chi connectivity index (χ0n) is 8.53. The third-order valence-electron chi connectivity index (χ3n) is 2.20. The lowest BCUT2D eigenvalue weighted by Gasteiger charge is -2.15. The summed E-state index contributed by atoms with van der Waals surface area (Å²) in [7, 11) is 0. The molecule has 0 saturated heterocycles. The van der Waals surface area contributed by atoms with E-state index in [0.717, 1.165) is 10.8 Å². The molecule has 1 aromatic rings. The molecule has 0 spiro atoms. The highest BCUT2D eigenvalue weighted by atomic mass is 35.5. The second-order valence-electron chi connectivity index (χ2n) is 3.47. The van der Waals surface area contributed by atoms with Crippen molar-refractivity contribution in [1.82, 2.24) is 0 Å². The lowest BCUT2D eigenvalue weighted by molar-refractivity contribution is 0.730. The summed E-state index contributed by atoms with van der Waals surface area (Å²) in [6.07, 6.45) is 0. The molecule has 0 fully saturated rings. The predicted octanol–water partition coefficient (Wildman–Crippen LogP) is 3.31. The largest absolute Gasteiger partial charge is 0.327 e. The first-order valence-corrected chi connectivity index (χ1v) is 6.14. The Bertz CT molecular complexity index is 288. The summed E-state index contributed by atoms with van der Waals surface area (Å²) in [5.41, 5.74) is 6.97. The first-order valence-electron chi connectivity index (χ1n) is 4.72. The molecule has 78 valence electrons. The molecule has 1 aromatic carbocycles. The average Bonchev–Trinajstić information content (AvgIpc) is 2.16. The summed E-state index contributed by atoms with van der Waals surface area (Å²) in [4.78, 5) is 0. The minimum Gasteiger partial charge on any atom is -0.327 e. The van der Waals surface area contributed by atoms with E-state index < -0.39 is 0 Å². The maximum absolute atomic E-state index is 6.04. The van der Waals surface area contributed by atoms with Crippen LogP contribution in [0.5, 0.6) is 0 Å². The Kier molecular flexibility index (Phi) is 4.79. The van der Waals surface area contributed by atoms with Gasteiger partial charge in [0.1, 0.15) is 0 Å². The quantitative estimate of drug-likeness (QED) is 0.858. The SMILES string of the molecule is CC(N)C(C)SCc1ccccc1Cl. The highest BCUT2D eigenvalue weighted by molar-refractivity contribution is 7.99. The number of hydrogen-bond donors (Lipinski definition) is 1. The van der Waals surface area contributed by atoms with Crippen molar-refractivity contribution in [3.8, 4) is 0 Å². The van der Waals surface area contributed by atoms with E-state index in [0.29, 0.717) is 5.25 Å². The molecule has 0 radical (unpaired) electrons. The van der Waals surface area contributed by atoms with Gasteiger partial charge in [-0.25, -0.2) is 0 Å². The molecular formula is C11H16ClNS. The van der Waals surface area contributed by atoms with Gasteiger partial charge < -0.3 is 5.73 Å². The molecule has 0 aromatic heterocycles. The van der Waals surface area contributed by atoms with Crippen LogP contribution in [-0.2, 0) is 5.75 Å². The van der Waals surface area contributed by atoms with Crippen LogP contribution >= 0.6 is 23.4 Å². The molecule has 0 heterocycles. The van der Waals surface area contributed by atoms with Crippen molar-refractivity contribution in [3.05, 3.63) is 34.9 Å². The summed E-state index contributed by atoms with van der Waals surface area (Å²) in [5, 5.41) is 1.31. The maximum Gasteiger partial charge on any atom is 0.0446 e. The topological polar surface area (TPSA) is 26.0 Å². The minimum atomic E-state index is 0.225. The van der Waals surface area contributed by atoms with E-state index in [4.69, 9.17) is 17.3 Å².